The number of benzene rings is 1. The van der Waals surface area contributed by atoms with Crippen LogP contribution in [0.2, 0.25) is 0 Å². The first-order chi connectivity index (χ1) is 8.29. The average molecular weight is 270 g/mol. The van der Waals surface area contributed by atoms with Gasteiger partial charge in [-0.2, -0.15) is 0 Å². The van der Waals surface area contributed by atoms with Crippen LogP contribution in [-0.2, 0) is 16.3 Å². The van der Waals surface area contributed by atoms with Crippen molar-refractivity contribution >= 4 is 15.5 Å². The van der Waals surface area contributed by atoms with Crippen molar-refractivity contribution in [3.8, 4) is 0 Å². The molecule has 0 fully saturated rings. The van der Waals surface area contributed by atoms with Gasteiger partial charge in [-0.05, 0) is 25.0 Å². The highest BCUT2D eigenvalue weighted by atomic mass is 32.2. The van der Waals surface area contributed by atoms with Gasteiger partial charge >= 0.3 is 0 Å². The van der Waals surface area contributed by atoms with Crippen LogP contribution in [0.4, 0.5) is 5.69 Å². The predicted molar refractivity (Wildman–Crippen MR) is 76.8 cm³/mol. The Kier molecular flexibility index (Phi) is 5.16. The van der Waals surface area contributed by atoms with Crippen molar-refractivity contribution in [1.29, 1.82) is 0 Å². The number of rotatable bonds is 6. The van der Waals surface area contributed by atoms with Crippen molar-refractivity contribution in [2.24, 2.45) is 5.73 Å². The molecule has 0 radical (unpaired) electrons. The standard InChI is InChI=1S/C13H22N2O2S/c1-11(14)10-12-6-4-5-7-13(12)15(2)8-9-18(3,16)17/h4-7,11H,8-10,14H2,1-3H3. The summed E-state index contributed by atoms with van der Waals surface area (Å²) in [7, 11) is -1.02. The molecular formula is C13H22N2O2S. The number of para-hydroxylation sites is 1. The van der Waals surface area contributed by atoms with E-state index in [1.807, 2.05) is 43.1 Å². The first-order valence-electron chi connectivity index (χ1n) is 6.02. The van der Waals surface area contributed by atoms with Crippen LogP contribution in [-0.4, -0.2) is 40.1 Å². The molecular weight excluding hydrogens is 248 g/mol. The topological polar surface area (TPSA) is 63.4 Å². The molecule has 0 saturated carbocycles. The normalized spacial score (nSPS) is 13.3. The molecule has 0 aliphatic rings. The van der Waals surface area contributed by atoms with E-state index in [9.17, 15) is 8.42 Å². The van der Waals surface area contributed by atoms with Gasteiger partial charge in [-0.15, -0.1) is 0 Å². The molecule has 1 unspecified atom stereocenters. The first kappa shape index (κ1) is 15.0. The summed E-state index contributed by atoms with van der Waals surface area (Å²) < 4.78 is 22.4. The highest BCUT2D eigenvalue weighted by Crippen LogP contribution is 2.20. The molecule has 0 aliphatic carbocycles. The molecule has 1 rings (SSSR count). The van der Waals surface area contributed by atoms with E-state index in [0.717, 1.165) is 17.7 Å². The second kappa shape index (κ2) is 6.20. The van der Waals surface area contributed by atoms with Crippen molar-refractivity contribution < 1.29 is 8.42 Å². The molecule has 0 saturated heterocycles. The van der Waals surface area contributed by atoms with Crippen LogP contribution in [0, 0.1) is 0 Å². The fourth-order valence-corrected chi connectivity index (χ4v) is 2.43. The zero-order chi connectivity index (χ0) is 13.8. The van der Waals surface area contributed by atoms with E-state index < -0.39 is 9.84 Å². The summed E-state index contributed by atoms with van der Waals surface area (Å²) >= 11 is 0. The Morgan fingerprint density at radius 1 is 1.33 bits per heavy atom. The van der Waals surface area contributed by atoms with Gasteiger partial charge in [-0.1, -0.05) is 18.2 Å². The van der Waals surface area contributed by atoms with Gasteiger partial charge < -0.3 is 10.6 Å². The third-order valence-electron chi connectivity index (χ3n) is 2.74. The lowest BCUT2D eigenvalue weighted by Crippen LogP contribution is -2.27. The summed E-state index contributed by atoms with van der Waals surface area (Å²) in [5, 5.41) is 0. The van der Waals surface area contributed by atoms with Gasteiger partial charge in [-0.25, -0.2) is 8.42 Å². The molecule has 18 heavy (non-hydrogen) atoms. The summed E-state index contributed by atoms with van der Waals surface area (Å²) in [5.74, 6) is 0.163. The van der Waals surface area contributed by atoms with Crippen LogP contribution in [0.5, 0.6) is 0 Å². The Bertz CT molecular complexity index is 484. The zero-order valence-corrected chi connectivity index (χ0v) is 12.1. The molecule has 102 valence electrons. The van der Waals surface area contributed by atoms with Gasteiger partial charge in [-0.3, -0.25) is 0 Å². The summed E-state index contributed by atoms with van der Waals surface area (Å²) in [6, 6.07) is 8.06. The zero-order valence-electron chi connectivity index (χ0n) is 11.3. The first-order valence-corrected chi connectivity index (χ1v) is 8.08. The number of nitrogens with zero attached hydrogens (tertiary/aromatic N) is 1. The highest BCUT2D eigenvalue weighted by molar-refractivity contribution is 7.90. The number of hydrogen-bond donors (Lipinski definition) is 1. The molecule has 1 aromatic rings. The van der Waals surface area contributed by atoms with Gasteiger partial charge in [0.25, 0.3) is 0 Å². The molecule has 0 amide bonds. The molecule has 0 bridgehead atoms. The monoisotopic (exact) mass is 270 g/mol. The number of sulfone groups is 1. The van der Waals surface area contributed by atoms with Crippen molar-refractivity contribution in [2.75, 3.05) is 30.5 Å². The van der Waals surface area contributed by atoms with E-state index in [0.29, 0.717) is 6.54 Å². The molecule has 2 N–H and O–H groups in total. The van der Waals surface area contributed by atoms with Gasteiger partial charge in [0.05, 0.1) is 5.75 Å². The second-order valence-corrected chi connectivity index (χ2v) is 7.12. The van der Waals surface area contributed by atoms with E-state index in [2.05, 4.69) is 0 Å². The van der Waals surface area contributed by atoms with Gasteiger partial charge in [0.1, 0.15) is 9.84 Å². The van der Waals surface area contributed by atoms with Gasteiger partial charge in [0.15, 0.2) is 0 Å². The third-order valence-corrected chi connectivity index (χ3v) is 3.67. The average Bonchev–Trinajstić information content (AvgIpc) is 2.25. The molecule has 0 heterocycles. The van der Waals surface area contributed by atoms with Crippen LogP contribution in [0.15, 0.2) is 24.3 Å². The van der Waals surface area contributed by atoms with E-state index >= 15 is 0 Å². The maximum Gasteiger partial charge on any atom is 0.149 e. The maximum atomic E-state index is 11.2. The minimum atomic E-state index is -2.93. The summed E-state index contributed by atoms with van der Waals surface area (Å²) in [5.41, 5.74) is 8.03. The van der Waals surface area contributed by atoms with Gasteiger partial charge in [0, 0.05) is 31.6 Å². The van der Waals surface area contributed by atoms with E-state index in [1.54, 1.807) is 0 Å². The van der Waals surface area contributed by atoms with Crippen molar-refractivity contribution in [2.45, 2.75) is 19.4 Å². The summed E-state index contributed by atoms with van der Waals surface area (Å²) in [6.07, 6.45) is 2.05. The third kappa shape index (κ3) is 5.06. The predicted octanol–water partition coefficient (Wildman–Crippen LogP) is 1.06. The Morgan fingerprint density at radius 2 is 1.94 bits per heavy atom. The van der Waals surface area contributed by atoms with Crippen LogP contribution in [0.1, 0.15) is 12.5 Å². The summed E-state index contributed by atoms with van der Waals surface area (Å²) in [6.45, 7) is 2.46. The summed E-state index contributed by atoms with van der Waals surface area (Å²) in [4.78, 5) is 1.97. The SMILES string of the molecule is CC(N)Cc1ccccc1N(C)CCS(C)(=O)=O. The van der Waals surface area contributed by atoms with Crippen molar-refractivity contribution in [3.05, 3.63) is 29.8 Å². The highest BCUT2D eigenvalue weighted by Gasteiger charge is 2.10. The van der Waals surface area contributed by atoms with E-state index in [-0.39, 0.29) is 11.8 Å². The molecule has 0 spiro atoms. The molecule has 0 aliphatic heterocycles. The van der Waals surface area contributed by atoms with Crippen LogP contribution >= 0.6 is 0 Å². The van der Waals surface area contributed by atoms with Crippen LogP contribution in [0.25, 0.3) is 0 Å². The molecule has 1 aromatic carbocycles. The smallest absolute Gasteiger partial charge is 0.149 e. The van der Waals surface area contributed by atoms with Crippen LogP contribution < -0.4 is 10.6 Å². The minimum Gasteiger partial charge on any atom is -0.373 e. The fraction of sp³-hybridized carbons (Fsp3) is 0.538. The van der Waals surface area contributed by atoms with E-state index in [4.69, 9.17) is 5.73 Å². The van der Waals surface area contributed by atoms with Gasteiger partial charge in [0.2, 0.25) is 0 Å². The molecule has 0 aromatic heterocycles. The Hall–Kier alpha value is -1.07. The second-order valence-electron chi connectivity index (χ2n) is 4.86. The molecule has 1 atom stereocenters. The lowest BCUT2D eigenvalue weighted by Gasteiger charge is -2.22. The number of nitrogens with two attached hydrogens (primary N) is 1. The molecule has 5 heteroatoms. The fourth-order valence-electron chi connectivity index (χ4n) is 1.83. The maximum absolute atomic E-state index is 11.2. The quantitative estimate of drug-likeness (QED) is 0.839. The van der Waals surface area contributed by atoms with Crippen LogP contribution in [0.3, 0.4) is 0 Å². The van der Waals surface area contributed by atoms with E-state index in [1.165, 1.54) is 6.26 Å². The van der Waals surface area contributed by atoms with Crippen molar-refractivity contribution in [3.63, 3.8) is 0 Å². The Balaban J connectivity index is 2.81. The lowest BCUT2D eigenvalue weighted by molar-refractivity contribution is 0.601. The Labute approximate surface area is 110 Å². The largest absolute Gasteiger partial charge is 0.373 e. The Morgan fingerprint density at radius 3 is 2.50 bits per heavy atom. The lowest BCUT2D eigenvalue weighted by atomic mass is 10.0. The van der Waals surface area contributed by atoms with Crippen molar-refractivity contribution in [1.82, 2.24) is 0 Å². The number of hydrogen-bond acceptors (Lipinski definition) is 4. The minimum absolute atomic E-state index is 0.0921. The molecule has 4 nitrogen and oxygen atoms in total. The number of anilines is 1.